The Kier molecular flexibility index (Phi) is 18.8. The van der Waals surface area contributed by atoms with Crippen LogP contribution in [0.5, 0.6) is 0 Å². The van der Waals surface area contributed by atoms with Crippen molar-refractivity contribution in [3.8, 4) is 0 Å². The maximum absolute atomic E-state index is 5.32. The van der Waals surface area contributed by atoms with Gasteiger partial charge in [0.1, 0.15) is 18.3 Å². The summed E-state index contributed by atoms with van der Waals surface area (Å²) in [4.78, 5) is 11.0. The van der Waals surface area contributed by atoms with Crippen LogP contribution in [0, 0.1) is 7.43 Å². The van der Waals surface area contributed by atoms with Crippen molar-refractivity contribution in [1.82, 2.24) is 15.0 Å². The van der Waals surface area contributed by atoms with E-state index in [1.165, 1.54) is 17.3 Å². The van der Waals surface area contributed by atoms with E-state index >= 15 is 0 Å². The van der Waals surface area contributed by atoms with E-state index in [-0.39, 0.29) is 7.43 Å². The van der Waals surface area contributed by atoms with Crippen LogP contribution >= 0.6 is 0 Å². The molecule has 114 valence electrons. The van der Waals surface area contributed by atoms with Gasteiger partial charge in [0.05, 0.1) is 0 Å². The SMILES string of the molecule is CC.CC.Nc1ccnc[n+]1N.Nc1ccncn1.[CH3-]. The Morgan fingerprint density at radius 2 is 1.50 bits per heavy atom. The number of rotatable bonds is 0. The highest BCUT2D eigenvalue weighted by molar-refractivity contribution is 5.22. The largest absolute Gasteiger partial charge is 0.384 e. The third kappa shape index (κ3) is 12.0. The fourth-order valence-electron chi connectivity index (χ4n) is 0.683. The molecular weight excluding hydrogens is 254 g/mol. The molecule has 20 heavy (non-hydrogen) atoms. The predicted molar refractivity (Wildman–Crippen MR) is 84.5 cm³/mol. The lowest BCUT2D eigenvalue weighted by Gasteiger charge is -1.89. The lowest BCUT2D eigenvalue weighted by atomic mass is 10.6. The molecule has 7 nitrogen and oxygen atoms in total. The Bertz CT molecular complexity index is 385. The Labute approximate surface area is 121 Å². The number of nitrogens with two attached hydrogens (primary N) is 3. The van der Waals surface area contributed by atoms with Crippen LogP contribution in [0.2, 0.25) is 0 Å². The average Bonchev–Trinajstić information content (AvgIpc) is 2.48. The van der Waals surface area contributed by atoms with Crippen molar-refractivity contribution >= 4 is 11.6 Å². The van der Waals surface area contributed by atoms with Crippen LogP contribution in [0.1, 0.15) is 27.7 Å². The van der Waals surface area contributed by atoms with Crippen molar-refractivity contribution in [2.45, 2.75) is 27.7 Å². The lowest BCUT2D eigenvalue weighted by Crippen LogP contribution is -2.46. The number of hydrogen-bond donors (Lipinski definition) is 3. The van der Waals surface area contributed by atoms with Crippen LogP contribution in [0.15, 0.2) is 37.2 Å². The Hall–Kier alpha value is -2.44. The lowest BCUT2D eigenvalue weighted by molar-refractivity contribution is -0.627. The molecule has 0 aliphatic carbocycles. The molecular formula is C13H27N7. The van der Waals surface area contributed by atoms with E-state index in [0.717, 1.165) is 0 Å². The number of aromatic nitrogens is 4. The quantitative estimate of drug-likeness (QED) is 0.379. The van der Waals surface area contributed by atoms with Crippen molar-refractivity contribution in [3.05, 3.63) is 44.6 Å². The van der Waals surface area contributed by atoms with Crippen LogP contribution in [-0.2, 0) is 0 Å². The first-order valence-corrected chi connectivity index (χ1v) is 6.08. The Morgan fingerprint density at radius 1 is 0.950 bits per heavy atom. The molecule has 6 N–H and O–H groups in total. The molecule has 0 saturated heterocycles. The zero-order valence-electron chi connectivity index (χ0n) is 13.0. The van der Waals surface area contributed by atoms with Gasteiger partial charge in [-0.1, -0.05) is 27.7 Å². The number of nitrogens with zero attached hydrogens (tertiary/aromatic N) is 4. The Balaban J connectivity index is -0.000000224. The van der Waals surface area contributed by atoms with E-state index < -0.39 is 0 Å². The smallest absolute Gasteiger partial charge is 0.247 e. The molecule has 2 aromatic rings. The van der Waals surface area contributed by atoms with E-state index in [1.807, 2.05) is 27.7 Å². The molecule has 0 atom stereocenters. The summed E-state index contributed by atoms with van der Waals surface area (Å²) < 4.78 is 1.25. The van der Waals surface area contributed by atoms with Gasteiger partial charge in [-0.2, -0.15) is 0 Å². The van der Waals surface area contributed by atoms with Gasteiger partial charge in [-0.05, 0) is 6.07 Å². The molecule has 2 heterocycles. The molecule has 2 rings (SSSR count). The standard InChI is InChI=1S/C4H6N4.C4H5N3.2C2H6.CH3/c5-4-1-2-7-3-8(4)6;5-4-1-2-6-3-7-4;2*1-2;/h1-3,5H,6H2;1-3H,(H2,5,6,7);2*1-2H3;1H3/q;;;;-1/p+1. The molecule has 0 aromatic carbocycles. The summed E-state index contributed by atoms with van der Waals surface area (Å²) in [5.41, 5.74) is 10.5. The van der Waals surface area contributed by atoms with E-state index in [4.69, 9.17) is 17.3 Å². The molecule has 0 fully saturated rings. The zero-order chi connectivity index (χ0) is 15.1. The van der Waals surface area contributed by atoms with Gasteiger partial charge < -0.3 is 18.9 Å². The summed E-state index contributed by atoms with van der Waals surface area (Å²) >= 11 is 0. The van der Waals surface area contributed by atoms with Gasteiger partial charge in [0.2, 0.25) is 12.1 Å². The molecule has 0 unspecified atom stereocenters. The zero-order valence-corrected chi connectivity index (χ0v) is 13.0. The second-order valence-corrected chi connectivity index (χ2v) is 2.55. The molecule has 0 amide bonds. The average molecular weight is 281 g/mol. The summed E-state index contributed by atoms with van der Waals surface area (Å²) in [7, 11) is 0. The fraction of sp³-hybridized carbons (Fsp3) is 0.308. The topological polar surface area (TPSA) is 121 Å². The van der Waals surface area contributed by atoms with Gasteiger partial charge in [-0.15, -0.1) is 9.66 Å². The van der Waals surface area contributed by atoms with Gasteiger partial charge in [-0.3, -0.25) is 5.84 Å². The normalized spacial score (nSPS) is 7.20. The molecule has 0 saturated carbocycles. The van der Waals surface area contributed by atoms with Crippen LogP contribution in [0.3, 0.4) is 0 Å². The third-order valence-corrected chi connectivity index (χ3v) is 1.43. The van der Waals surface area contributed by atoms with Gasteiger partial charge in [0.15, 0.2) is 0 Å². The summed E-state index contributed by atoms with van der Waals surface area (Å²) in [6, 6.07) is 3.26. The first-order valence-electron chi connectivity index (χ1n) is 6.08. The van der Waals surface area contributed by atoms with E-state index in [0.29, 0.717) is 11.6 Å². The highest BCUT2D eigenvalue weighted by Crippen LogP contribution is 1.86. The first kappa shape index (κ1) is 22.7. The molecule has 0 bridgehead atoms. The molecule has 2 aromatic heterocycles. The highest BCUT2D eigenvalue weighted by Gasteiger charge is 1.92. The number of hydrogen-bond acceptors (Lipinski definition) is 6. The van der Waals surface area contributed by atoms with Crippen molar-refractivity contribution in [2.75, 3.05) is 17.3 Å². The maximum Gasteiger partial charge on any atom is 0.247 e. The van der Waals surface area contributed by atoms with Crippen molar-refractivity contribution < 1.29 is 4.68 Å². The molecule has 7 heteroatoms. The van der Waals surface area contributed by atoms with Crippen molar-refractivity contribution in [1.29, 1.82) is 0 Å². The summed E-state index contributed by atoms with van der Waals surface area (Å²) in [6.45, 7) is 8.00. The number of anilines is 2. The van der Waals surface area contributed by atoms with Crippen molar-refractivity contribution in [2.24, 2.45) is 0 Å². The summed E-state index contributed by atoms with van der Waals surface area (Å²) in [6.07, 6.45) is 6.03. The van der Waals surface area contributed by atoms with Gasteiger partial charge >= 0.3 is 0 Å². The van der Waals surface area contributed by atoms with Crippen LogP contribution in [0.4, 0.5) is 11.6 Å². The minimum atomic E-state index is 0. The van der Waals surface area contributed by atoms with Crippen LogP contribution in [-0.4, -0.2) is 15.0 Å². The van der Waals surface area contributed by atoms with E-state index in [2.05, 4.69) is 15.0 Å². The Morgan fingerprint density at radius 3 is 1.75 bits per heavy atom. The highest BCUT2D eigenvalue weighted by atomic mass is 15.3. The van der Waals surface area contributed by atoms with Crippen LogP contribution in [0.25, 0.3) is 0 Å². The van der Waals surface area contributed by atoms with Crippen LogP contribution < -0.4 is 22.0 Å². The van der Waals surface area contributed by atoms with Crippen molar-refractivity contribution in [3.63, 3.8) is 0 Å². The van der Waals surface area contributed by atoms with Gasteiger partial charge in [-0.25, -0.2) is 9.97 Å². The second-order valence-electron chi connectivity index (χ2n) is 2.55. The molecule has 0 aliphatic rings. The second kappa shape index (κ2) is 16.6. The first-order chi connectivity index (χ1) is 9.20. The molecule has 0 aliphatic heterocycles. The van der Waals surface area contributed by atoms with E-state index in [9.17, 15) is 0 Å². The monoisotopic (exact) mass is 281 g/mol. The van der Waals surface area contributed by atoms with Gasteiger partial charge in [0, 0.05) is 12.3 Å². The minimum Gasteiger partial charge on any atom is -0.384 e. The predicted octanol–water partition coefficient (Wildman–Crippen LogP) is 1.23. The molecule has 0 spiro atoms. The summed E-state index contributed by atoms with van der Waals surface area (Å²) in [5, 5.41) is 0. The number of nitrogen functional groups attached to an aromatic ring is 3. The van der Waals surface area contributed by atoms with Gasteiger partial charge in [0.25, 0.3) is 0 Å². The maximum atomic E-state index is 5.32. The summed E-state index contributed by atoms with van der Waals surface area (Å²) in [5.74, 6) is 6.26. The fourth-order valence-corrected chi connectivity index (χ4v) is 0.683. The third-order valence-electron chi connectivity index (χ3n) is 1.43. The minimum absolute atomic E-state index is 0. The van der Waals surface area contributed by atoms with E-state index in [1.54, 1.807) is 24.5 Å². The molecule has 0 radical (unpaired) electrons.